The van der Waals surface area contributed by atoms with Crippen molar-refractivity contribution >= 4 is 27.6 Å². The Morgan fingerprint density at radius 3 is 2.86 bits per heavy atom. The summed E-state index contributed by atoms with van der Waals surface area (Å²) in [5, 5.41) is 8.63. The summed E-state index contributed by atoms with van der Waals surface area (Å²) in [5.41, 5.74) is 4.70. The van der Waals surface area contributed by atoms with Gasteiger partial charge in [0.25, 0.3) is 0 Å². The topological polar surface area (TPSA) is 95.2 Å². The molecule has 5 aromatic rings. The first-order chi connectivity index (χ1) is 17.5. The highest BCUT2D eigenvalue weighted by molar-refractivity contribution is 5.94. The van der Waals surface area contributed by atoms with Gasteiger partial charge >= 0.3 is 0 Å². The molecule has 1 fully saturated rings. The third kappa shape index (κ3) is 4.38. The lowest BCUT2D eigenvalue weighted by atomic mass is 10.1. The van der Waals surface area contributed by atoms with E-state index in [9.17, 15) is 0 Å². The molecule has 1 saturated heterocycles. The Morgan fingerprint density at radius 2 is 2.03 bits per heavy atom. The molecular formula is C27H29N7O2. The number of hydrogen-bond donors (Lipinski definition) is 2. The number of hydrogen-bond acceptors (Lipinski definition) is 7. The van der Waals surface area contributed by atoms with Gasteiger partial charge in [-0.2, -0.15) is 5.10 Å². The summed E-state index contributed by atoms with van der Waals surface area (Å²) in [6.45, 7) is 4.69. The second-order valence-corrected chi connectivity index (χ2v) is 9.56. The molecule has 9 heteroatoms. The highest BCUT2D eigenvalue weighted by Gasteiger charge is 2.27. The summed E-state index contributed by atoms with van der Waals surface area (Å²) >= 11 is 0. The zero-order valence-corrected chi connectivity index (χ0v) is 20.6. The molecule has 2 N–H and O–H groups in total. The van der Waals surface area contributed by atoms with Gasteiger partial charge in [0.15, 0.2) is 5.82 Å². The maximum Gasteiger partial charge on any atom is 0.219 e. The minimum absolute atomic E-state index is 0.186. The first kappa shape index (κ1) is 22.5. The van der Waals surface area contributed by atoms with Crippen molar-refractivity contribution in [3.63, 3.8) is 0 Å². The molecule has 184 valence electrons. The van der Waals surface area contributed by atoms with Crippen molar-refractivity contribution in [3.05, 3.63) is 60.8 Å². The summed E-state index contributed by atoms with van der Waals surface area (Å²) in [4.78, 5) is 17.1. The van der Waals surface area contributed by atoms with E-state index < -0.39 is 0 Å². The highest BCUT2D eigenvalue weighted by atomic mass is 16.5. The molecule has 0 amide bonds. The molecule has 0 aliphatic carbocycles. The van der Waals surface area contributed by atoms with E-state index in [4.69, 9.17) is 14.5 Å². The van der Waals surface area contributed by atoms with Gasteiger partial charge in [-0.1, -0.05) is 6.07 Å². The van der Waals surface area contributed by atoms with Crippen molar-refractivity contribution < 1.29 is 9.47 Å². The molecule has 0 bridgehead atoms. The Morgan fingerprint density at radius 1 is 1.11 bits per heavy atom. The van der Waals surface area contributed by atoms with Crippen molar-refractivity contribution in [2.75, 3.05) is 38.7 Å². The van der Waals surface area contributed by atoms with Gasteiger partial charge in [-0.05, 0) is 57.4 Å². The van der Waals surface area contributed by atoms with Crippen LogP contribution in [0.1, 0.15) is 6.92 Å². The van der Waals surface area contributed by atoms with Crippen LogP contribution in [0, 0.1) is 0 Å². The molecule has 2 atom stereocenters. The van der Waals surface area contributed by atoms with Crippen LogP contribution in [0.25, 0.3) is 33.5 Å². The first-order valence-electron chi connectivity index (χ1n) is 12.1. The number of benzene rings is 2. The average molecular weight is 484 g/mol. The minimum Gasteiger partial charge on any atom is -0.439 e. The van der Waals surface area contributed by atoms with Crippen molar-refractivity contribution in [1.29, 1.82) is 0 Å². The van der Waals surface area contributed by atoms with Gasteiger partial charge in [0.05, 0.1) is 29.3 Å². The number of H-pyrrole nitrogens is 2. The van der Waals surface area contributed by atoms with E-state index in [1.165, 1.54) is 5.69 Å². The Balaban J connectivity index is 1.27. The summed E-state index contributed by atoms with van der Waals surface area (Å²) in [7, 11) is 4.16. The van der Waals surface area contributed by atoms with Crippen LogP contribution in [0.15, 0.2) is 60.8 Å². The number of aromatic nitrogens is 5. The molecule has 1 aliphatic rings. The lowest BCUT2D eigenvalue weighted by Crippen LogP contribution is -2.51. The average Bonchev–Trinajstić information content (AvgIpc) is 3.48. The van der Waals surface area contributed by atoms with Gasteiger partial charge in [0.1, 0.15) is 11.4 Å². The van der Waals surface area contributed by atoms with Crippen molar-refractivity contribution in [2.45, 2.75) is 19.1 Å². The predicted octanol–water partition coefficient (Wildman–Crippen LogP) is 4.45. The minimum atomic E-state index is 0.186. The smallest absolute Gasteiger partial charge is 0.219 e. The molecule has 36 heavy (non-hydrogen) atoms. The Hall–Kier alpha value is -3.95. The normalized spacial score (nSPS) is 18.4. The number of nitrogens with one attached hydrogen (secondary N) is 2. The summed E-state index contributed by atoms with van der Waals surface area (Å²) < 4.78 is 11.9. The zero-order valence-electron chi connectivity index (χ0n) is 20.6. The van der Waals surface area contributed by atoms with Crippen LogP contribution in [0.2, 0.25) is 0 Å². The molecule has 2 unspecified atom stereocenters. The Kier molecular flexibility index (Phi) is 5.79. The van der Waals surface area contributed by atoms with Crippen LogP contribution in [0.5, 0.6) is 11.6 Å². The number of imidazole rings is 1. The molecule has 2 aromatic carbocycles. The molecule has 1 aliphatic heterocycles. The number of nitrogens with zero attached hydrogens (tertiary/aromatic N) is 5. The molecule has 3 aromatic heterocycles. The van der Waals surface area contributed by atoms with Crippen LogP contribution in [-0.2, 0) is 4.74 Å². The maximum absolute atomic E-state index is 6.05. The van der Waals surface area contributed by atoms with Gasteiger partial charge in [0.2, 0.25) is 5.88 Å². The quantitative estimate of drug-likeness (QED) is 0.368. The molecular weight excluding hydrogens is 454 g/mol. The van der Waals surface area contributed by atoms with Gasteiger partial charge in [-0.15, -0.1) is 0 Å². The Bertz CT molecular complexity index is 1490. The van der Waals surface area contributed by atoms with E-state index in [1.54, 1.807) is 6.20 Å². The van der Waals surface area contributed by atoms with E-state index in [1.807, 2.05) is 36.4 Å². The predicted molar refractivity (Wildman–Crippen MR) is 141 cm³/mol. The number of morpholine rings is 1. The summed E-state index contributed by atoms with van der Waals surface area (Å²) in [6, 6.07) is 18.1. The fourth-order valence-electron chi connectivity index (χ4n) is 4.75. The standard InChI is InChI=1S/C27H29N7O2/c1-17-16-35-20(14-33(2)3)15-34(17)18-7-10-22-24(12-18)30-27(29-22)26-21-9-8-19(13-23(21)31-32-26)36-25-6-4-5-11-28-25/h4-13,17,20H,14-16H2,1-3H3,(H,29,30)(H,31,32). The van der Waals surface area contributed by atoms with Gasteiger partial charge in [0, 0.05) is 48.5 Å². The lowest BCUT2D eigenvalue weighted by molar-refractivity contribution is 0.00880. The van der Waals surface area contributed by atoms with Crippen LogP contribution < -0.4 is 9.64 Å². The van der Waals surface area contributed by atoms with Crippen LogP contribution >= 0.6 is 0 Å². The molecule has 6 rings (SSSR count). The highest BCUT2D eigenvalue weighted by Crippen LogP contribution is 2.31. The fourth-order valence-corrected chi connectivity index (χ4v) is 4.75. The number of pyridine rings is 1. The van der Waals surface area contributed by atoms with Gasteiger partial charge < -0.3 is 24.3 Å². The summed E-state index contributed by atoms with van der Waals surface area (Å²) in [6.07, 6.45) is 1.89. The van der Waals surface area contributed by atoms with Crippen LogP contribution in [-0.4, -0.2) is 76.0 Å². The van der Waals surface area contributed by atoms with Crippen LogP contribution in [0.3, 0.4) is 0 Å². The largest absolute Gasteiger partial charge is 0.439 e. The van der Waals surface area contributed by atoms with E-state index in [0.717, 1.165) is 53.2 Å². The van der Waals surface area contributed by atoms with Crippen LogP contribution in [0.4, 0.5) is 5.69 Å². The van der Waals surface area contributed by atoms with E-state index in [0.29, 0.717) is 17.7 Å². The molecule has 0 saturated carbocycles. The number of fused-ring (bicyclic) bond motifs is 2. The SMILES string of the molecule is CC1COC(CN(C)C)CN1c1ccc2nc(-c3n[nH]c4cc(Oc5ccccn5)ccc34)[nH]c2c1. The monoisotopic (exact) mass is 483 g/mol. The Labute approximate surface area is 209 Å². The number of anilines is 1. The lowest BCUT2D eigenvalue weighted by Gasteiger charge is -2.40. The zero-order chi connectivity index (χ0) is 24.6. The molecule has 9 nitrogen and oxygen atoms in total. The number of ether oxygens (including phenoxy) is 2. The van der Waals surface area contributed by atoms with Crippen molar-refractivity contribution in [2.24, 2.45) is 0 Å². The van der Waals surface area contributed by atoms with E-state index >= 15 is 0 Å². The van der Waals surface area contributed by atoms with Crippen molar-refractivity contribution in [1.82, 2.24) is 30.0 Å². The molecule has 4 heterocycles. The van der Waals surface area contributed by atoms with E-state index in [-0.39, 0.29) is 6.10 Å². The summed E-state index contributed by atoms with van der Waals surface area (Å²) in [5.74, 6) is 1.97. The maximum atomic E-state index is 6.05. The molecule has 0 spiro atoms. The third-order valence-corrected chi connectivity index (χ3v) is 6.49. The second kappa shape index (κ2) is 9.25. The van der Waals surface area contributed by atoms with Crippen molar-refractivity contribution in [3.8, 4) is 23.1 Å². The first-order valence-corrected chi connectivity index (χ1v) is 12.1. The number of rotatable bonds is 6. The molecule has 0 radical (unpaired) electrons. The third-order valence-electron chi connectivity index (χ3n) is 6.49. The number of likely N-dealkylation sites (N-methyl/N-ethyl adjacent to an activating group) is 1. The van der Waals surface area contributed by atoms with Gasteiger partial charge in [-0.3, -0.25) is 5.10 Å². The second-order valence-electron chi connectivity index (χ2n) is 9.56. The van der Waals surface area contributed by atoms with Gasteiger partial charge in [-0.25, -0.2) is 9.97 Å². The number of aromatic amines is 2. The fraction of sp³-hybridized carbons (Fsp3) is 0.296. The van der Waals surface area contributed by atoms with E-state index in [2.05, 4.69) is 69.2 Å².